The van der Waals surface area contributed by atoms with Gasteiger partial charge in [-0.05, 0) is 49.6 Å². The number of carbonyl (C=O) groups is 1. The minimum atomic E-state index is -3.47. The average Bonchev–Trinajstić information content (AvgIpc) is 2.66. The average molecular weight is 419 g/mol. The Morgan fingerprint density at radius 2 is 1.55 bits per heavy atom. The zero-order valence-electron chi connectivity index (χ0n) is 17.8. The number of ether oxygens (including phenoxy) is 1. The largest absolute Gasteiger partial charge is 0.483 e. The molecule has 2 rings (SSSR count). The first kappa shape index (κ1) is 22.9. The van der Waals surface area contributed by atoms with Gasteiger partial charge in [0.25, 0.3) is 5.91 Å². The third-order valence-corrected chi connectivity index (χ3v) is 6.77. The molecule has 7 heteroatoms. The van der Waals surface area contributed by atoms with Crippen LogP contribution in [0, 0.1) is 20.8 Å². The van der Waals surface area contributed by atoms with Gasteiger partial charge in [-0.1, -0.05) is 43.7 Å². The fourth-order valence-electron chi connectivity index (χ4n) is 3.28. The molecule has 6 nitrogen and oxygen atoms in total. The fourth-order valence-corrected chi connectivity index (χ4v) is 4.73. The van der Waals surface area contributed by atoms with Gasteiger partial charge in [0.2, 0.25) is 10.0 Å². The van der Waals surface area contributed by atoms with Crippen molar-refractivity contribution >= 4 is 15.9 Å². The minimum absolute atomic E-state index is 0.0703. The number of sulfonamides is 1. The van der Waals surface area contributed by atoms with E-state index in [1.165, 1.54) is 4.31 Å². The summed E-state index contributed by atoms with van der Waals surface area (Å²) in [7, 11) is -3.47. The molecule has 2 aromatic carbocycles. The van der Waals surface area contributed by atoms with Crippen LogP contribution >= 0.6 is 0 Å². The lowest BCUT2D eigenvalue weighted by Gasteiger charge is -2.18. The summed E-state index contributed by atoms with van der Waals surface area (Å²) in [6.45, 7) is 10.7. The van der Waals surface area contributed by atoms with Gasteiger partial charge in [-0.3, -0.25) is 4.79 Å². The first-order valence-electron chi connectivity index (χ1n) is 9.75. The highest BCUT2D eigenvalue weighted by molar-refractivity contribution is 7.89. The maximum absolute atomic E-state index is 12.5. The van der Waals surface area contributed by atoms with Gasteiger partial charge in [0.15, 0.2) is 6.61 Å². The van der Waals surface area contributed by atoms with Crippen LogP contribution in [0.3, 0.4) is 0 Å². The van der Waals surface area contributed by atoms with Crippen LogP contribution in [0.2, 0.25) is 0 Å². The molecule has 0 spiro atoms. The van der Waals surface area contributed by atoms with Gasteiger partial charge in [-0.25, -0.2) is 8.42 Å². The Kier molecular flexibility index (Phi) is 7.81. The van der Waals surface area contributed by atoms with Gasteiger partial charge in [-0.15, -0.1) is 0 Å². The molecule has 0 aliphatic heterocycles. The number of aryl methyl sites for hydroxylation is 3. The highest BCUT2D eigenvalue weighted by Gasteiger charge is 2.21. The summed E-state index contributed by atoms with van der Waals surface area (Å²) in [5, 5.41) is 2.80. The Hall–Kier alpha value is -2.38. The normalized spacial score (nSPS) is 11.5. The SMILES string of the molecule is CCN(CC)S(=O)(=O)c1ccc(CNC(=O)COc2c(C)cc(C)cc2C)cc1. The third kappa shape index (κ3) is 5.81. The van der Waals surface area contributed by atoms with Crippen molar-refractivity contribution in [2.24, 2.45) is 0 Å². The molecule has 1 N–H and O–H groups in total. The molecule has 0 unspecified atom stereocenters. The number of amides is 1. The monoisotopic (exact) mass is 418 g/mol. The summed E-state index contributed by atoms with van der Waals surface area (Å²) < 4.78 is 32.1. The number of nitrogens with zero attached hydrogens (tertiary/aromatic N) is 1. The molecule has 1 amide bonds. The van der Waals surface area contributed by atoms with E-state index in [4.69, 9.17) is 4.74 Å². The van der Waals surface area contributed by atoms with Crippen molar-refractivity contribution in [3.05, 3.63) is 58.7 Å². The van der Waals surface area contributed by atoms with Gasteiger partial charge >= 0.3 is 0 Å². The van der Waals surface area contributed by atoms with E-state index in [1.807, 2.05) is 46.8 Å². The van der Waals surface area contributed by atoms with E-state index in [-0.39, 0.29) is 17.4 Å². The Morgan fingerprint density at radius 3 is 2.07 bits per heavy atom. The van der Waals surface area contributed by atoms with Gasteiger partial charge < -0.3 is 10.1 Å². The Morgan fingerprint density at radius 1 is 1.00 bits per heavy atom. The lowest BCUT2D eigenvalue weighted by molar-refractivity contribution is -0.123. The van der Waals surface area contributed by atoms with Gasteiger partial charge in [-0.2, -0.15) is 4.31 Å². The predicted octanol–water partition coefficient (Wildman–Crippen LogP) is 3.34. The van der Waals surface area contributed by atoms with Crippen LogP contribution in [0.15, 0.2) is 41.3 Å². The lowest BCUT2D eigenvalue weighted by Crippen LogP contribution is -2.30. The first-order chi connectivity index (χ1) is 13.7. The van der Waals surface area contributed by atoms with Crippen molar-refractivity contribution < 1.29 is 17.9 Å². The summed E-state index contributed by atoms with van der Waals surface area (Å²) in [6, 6.07) is 10.6. The molecule has 0 aliphatic rings. The molecule has 0 fully saturated rings. The van der Waals surface area contributed by atoms with Crippen molar-refractivity contribution in [2.75, 3.05) is 19.7 Å². The molecule has 158 valence electrons. The molecular weight excluding hydrogens is 388 g/mol. The molecule has 0 saturated heterocycles. The van der Waals surface area contributed by atoms with Crippen molar-refractivity contribution in [1.29, 1.82) is 0 Å². The Balaban J connectivity index is 1.93. The molecule has 0 heterocycles. The van der Waals surface area contributed by atoms with E-state index in [0.29, 0.717) is 19.6 Å². The van der Waals surface area contributed by atoms with Gasteiger partial charge in [0.1, 0.15) is 5.75 Å². The lowest BCUT2D eigenvalue weighted by atomic mass is 10.1. The second kappa shape index (κ2) is 9.89. The van der Waals surface area contributed by atoms with Crippen molar-refractivity contribution in [3.8, 4) is 5.75 Å². The fraction of sp³-hybridized carbons (Fsp3) is 0.409. The summed E-state index contributed by atoms with van der Waals surface area (Å²) in [6.07, 6.45) is 0. The second-order valence-electron chi connectivity index (χ2n) is 7.03. The highest BCUT2D eigenvalue weighted by Crippen LogP contribution is 2.24. The smallest absolute Gasteiger partial charge is 0.258 e. The van der Waals surface area contributed by atoms with Crippen molar-refractivity contribution in [1.82, 2.24) is 9.62 Å². The number of hydrogen-bond donors (Lipinski definition) is 1. The van der Waals surface area contributed by atoms with Crippen LogP contribution in [0.4, 0.5) is 0 Å². The summed E-state index contributed by atoms with van der Waals surface area (Å²) in [4.78, 5) is 12.4. The summed E-state index contributed by atoms with van der Waals surface area (Å²) >= 11 is 0. The van der Waals surface area contributed by atoms with Crippen LogP contribution in [-0.4, -0.2) is 38.3 Å². The topological polar surface area (TPSA) is 75.7 Å². The van der Waals surface area contributed by atoms with Crippen LogP contribution in [0.5, 0.6) is 5.75 Å². The van der Waals surface area contributed by atoms with E-state index >= 15 is 0 Å². The second-order valence-corrected chi connectivity index (χ2v) is 8.96. The molecular formula is C22H30N2O4S. The predicted molar refractivity (Wildman–Crippen MR) is 115 cm³/mol. The standard InChI is InChI=1S/C22H30N2O4S/c1-6-24(7-2)29(26,27)20-10-8-19(9-11-20)14-23-21(25)15-28-22-17(4)12-16(3)13-18(22)5/h8-13H,6-7,14-15H2,1-5H3,(H,23,25). The Bertz CT molecular complexity index is 926. The number of benzene rings is 2. The molecule has 0 aliphatic carbocycles. The van der Waals surface area contributed by atoms with E-state index < -0.39 is 10.0 Å². The van der Waals surface area contributed by atoms with Gasteiger partial charge in [0.05, 0.1) is 4.90 Å². The van der Waals surface area contributed by atoms with E-state index in [2.05, 4.69) is 5.32 Å². The number of hydrogen-bond acceptors (Lipinski definition) is 4. The van der Waals surface area contributed by atoms with Crippen LogP contribution in [-0.2, 0) is 21.4 Å². The summed E-state index contributed by atoms with van der Waals surface area (Å²) in [5.41, 5.74) is 3.98. The molecule has 0 aromatic heterocycles. The molecule has 2 aromatic rings. The van der Waals surface area contributed by atoms with Crippen LogP contribution in [0.1, 0.15) is 36.1 Å². The number of rotatable bonds is 9. The van der Waals surface area contributed by atoms with E-state index in [0.717, 1.165) is 28.0 Å². The van der Waals surface area contributed by atoms with E-state index in [1.54, 1.807) is 24.3 Å². The van der Waals surface area contributed by atoms with E-state index in [9.17, 15) is 13.2 Å². The molecule has 0 radical (unpaired) electrons. The number of carbonyl (C=O) groups excluding carboxylic acids is 1. The molecule has 0 bridgehead atoms. The van der Waals surface area contributed by atoms with Crippen LogP contribution in [0.25, 0.3) is 0 Å². The van der Waals surface area contributed by atoms with Crippen LogP contribution < -0.4 is 10.1 Å². The Labute approximate surface area is 173 Å². The maximum Gasteiger partial charge on any atom is 0.258 e. The molecule has 29 heavy (non-hydrogen) atoms. The third-order valence-electron chi connectivity index (χ3n) is 4.71. The quantitative estimate of drug-likeness (QED) is 0.678. The van der Waals surface area contributed by atoms with Crippen molar-refractivity contribution in [2.45, 2.75) is 46.1 Å². The maximum atomic E-state index is 12.5. The van der Waals surface area contributed by atoms with Crippen molar-refractivity contribution in [3.63, 3.8) is 0 Å². The zero-order valence-corrected chi connectivity index (χ0v) is 18.6. The summed E-state index contributed by atoms with van der Waals surface area (Å²) in [5.74, 6) is 0.501. The van der Waals surface area contributed by atoms with Gasteiger partial charge in [0, 0.05) is 19.6 Å². The zero-order chi connectivity index (χ0) is 21.6. The molecule has 0 saturated carbocycles. The minimum Gasteiger partial charge on any atom is -0.483 e. The number of nitrogens with one attached hydrogen (secondary N) is 1. The highest BCUT2D eigenvalue weighted by atomic mass is 32.2. The molecule has 0 atom stereocenters. The first-order valence-corrected chi connectivity index (χ1v) is 11.2.